The number of halogens is 1. The van der Waals surface area contributed by atoms with Crippen LogP contribution in [0.5, 0.6) is 0 Å². The van der Waals surface area contributed by atoms with Crippen LogP contribution in [0.3, 0.4) is 0 Å². The number of carbonyl (C=O) groups excluding carboxylic acids is 2. The van der Waals surface area contributed by atoms with Gasteiger partial charge in [-0.15, -0.1) is 10.2 Å². The van der Waals surface area contributed by atoms with E-state index in [4.69, 9.17) is 0 Å². The number of benzene rings is 2. The zero-order valence-electron chi connectivity index (χ0n) is 19.4. The number of nitrogens with one attached hydrogen (secondary N) is 1. The third-order valence-corrected chi connectivity index (χ3v) is 6.10. The van der Waals surface area contributed by atoms with Crippen LogP contribution in [0.1, 0.15) is 44.6 Å². The van der Waals surface area contributed by atoms with Crippen LogP contribution in [0.2, 0.25) is 0 Å². The van der Waals surface area contributed by atoms with Crippen molar-refractivity contribution in [1.82, 2.24) is 25.5 Å². The highest BCUT2D eigenvalue weighted by Gasteiger charge is 2.32. The summed E-state index contributed by atoms with van der Waals surface area (Å²) >= 11 is 0. The molecule has 1 aliphatic carbocycles. The number of rotatable bonds is 8. The van der Waals surface area contributed by atoms with Gasteiger partial charge in [0.1, 0.15) is 18.4 Å². The van der Waals surface area contributed by atoms with E-state index in [0.29, 0.717) is 17.9 Å². The molecule has 1 saturated carbocycles. The molecule has 0 saturated heterocycles. The van der Waals surface area contributed by atoms with E-state index in [2.05, 4.69) is 20.7 Å². The Bertz CT molecular complexity index is 1140. The lowest BCUT2D eigenvalue weighted by Crippen LogP contribution is -2.52. The summed E-state index contributed by atoms with van der Waals surface area (Å²) < 4.78 is 14.1. The summed E-state index contributed by atoms with van der Waals surface area (Å²) in [5.74, 6) is -0.746. The van der Waals surface area contributed by atoms with Crippen LogP contribution in [-0.4, -0.2) is 44.1 Å². The smallest absolute Gasteiger partial charge is 0.251 e. The molecule has 2 amide bonds. The highest BCUT2D eigenvalue weighted by molar-refractivity contribution is 6.00. The Hall–Kier alpha value is -3.62. The number of aryl methyl sites for hydroxylation is 1. The van der Waals surface area contributed by atoms with Gasteiger partial charge in [0, 0.05) is 17.3 Å². The van der Waals surface area contributed by atoms with Crippen molar-refractivity contribution < 1.29 is 14.0 Å². The summed E-state index contributed by atoms with van der Waals surface area (Å²) in [5, 5.41) is 15.5. The Morgan fingerprint density at radius 1 is 1.18 bits per heavy atom. The average Bonchev–Trinajstić information content (AvgIpc) is 3.50. The van der Waals surface area contributed by atoms with Crippen molar-refractivity contribution in [1.29, 1.82) is 0 Å². The number of anilines is 1. The molecule has 0 spiro atoms. The Morgan fingerprint density at radius 3 is 2.59 bits per heavy atom. The molecule has 1 heterocycles. The average molecular weight is 465 g/mol. The summed E-state index contributed by atoms with van der Waals surface area (Å²) in [6.45, 7) is 3.59. The fourth-order valence-corrected chi connectivity index (χ4v) is 4.30. The molecule has 2 aromatic carbocycles. The van der Waals surface area contributed by atoms with E-state index < -0.39 is 17.8 Å². The SMILES string of the molecule is CCC(C(=O)NC1CCCC1)N(C(=O)Cn1nnc(-c2ccc(C)cc2)n1)c1cccc(F)c1. The molecule has 1 atom stereocenters. The first-order valence-corrected chi connectivity index (χ1v) is 11.7. The van der Waals surface area contributed by atoms with Crippen molar-refractivity contribution >= 4 is 17.5 Å². The Morgan fingerprint density at radius 2 is 1.91 bits per heavy atom. The topological polar surface area (TPSA) is 93.0 Å². The van der Waals surface area contributed by atoms with Crippen molar-refractivity contribution in [3.8, 4) is 11.4 Å². The Kier molecular flexibility index (Phi) is 7.30. The minimum absolute atomic E-state index is 0.111. The predicted octanol–water partition coefficient (Wildman–Crippen LogP) is 3.66. The van der Waals surface area contributed by atoms with E-state index in [1.54, 1.807) is 6.07 Å². The summed E-state index contributed by atoms with van der Waals surface area (Å²) in [7, 11) is 0. The first-order chi connectivity index (χ1) is 16.4. The first-order valence-electron chi connectivity index (χ1n) is 11.7. The molecule has 0 bridgehead atoms. The van der Waals surface area contributed by atoms with Gasteiger partial charge in [-0.2, -0.15) is 4.80 Å². The van der Waals surface area contributed by atoms with Crippen LogP contribution >= 0.6 is 0 Å². The maximum atomic E-state index is 14.1. The highest BCUT2D eigenvalue weighted by Crippen LogP contribution is 2.23. The summed E-state index contributed by atoms with van der Waals surface area (Å²) in [4.78, 5) is 29.2. The highest BCUT2D eigenvalue weighted by atomic mass is 19.1. The zero-order chi connectivity index (χ0) is 24.1. The number of hydrogen-bond donors (Lipinski definition) is 1. The van der Waals surface area contributed by atoms with Crippen LogP contribution < -0.4 is 10.2 Å². The van der Waals surface area contributed by atoms with Crippen LogP contribution in [0.15, 0.2) is 48.5 Å². The van der Waals surface area contributed by atoms with Gasteiger partial charge in [0.25, 0.3) is 5.91 Å². The summed E-state index contributed by atoms with van der Waals surface area (Å²) in [5.41, 5.74) is 2.21. The lowest BCUT2D eigenvalue weighted by molar-refractivity contribution is -0.127. The second-order valence-electron chi connectivity index (χ2n) is 8.67. The number of tetrazole rings is 1. The maximum Gasteiger partial charge on any atom is 0.251 e. The Balaban J connectivity index is 1.57. The second-order valence-corrected chi connectivity index (χ2v) is 8.67. The van der Waals surface area contributed by atoms with E-state index in [9.17, 15) is 14.0 Å². The zero-order valence-corrected chi connectivity index (χ0v) is 19.4. The van der Waals surface area contributed by atoms with Crippen LogP contribution in [-0.2, 0) is 16.1 Å². The third-order valence-electron chi connectivity index (χ3n) is 6.10. The number of carbonyl (C=O) groups is 2. The first kappa shape index (κ1) is 23.5. The molecule has 9 heteroatoms. The molecular weight excluding hydrogens is 435 g/mol. The molecule has 1 aliphatic rings. The standard InChI is InChI=1S/C25H29FN6O2/c1-3-22(25(34)27-20-8-4-5-9-20)32(21-10-6-7-19(26)15-21)23(33)16-31-29-24(28-30-31)18-13-11-17(2)12-14-18/h6-7,10-15,20,22H,3-5,8-9,16H2,1-2H3,(H,27,34). The van der Waals surface area contributed by atoms with Gasteiger partial charge in [0.05, 0.1) is 0 Å². The lowest BCUT2D eigenvalue weighted by Gasteiger charge is -2.31. The normalized spacial score (nSPS) is 14.7. The van der Waals surface area contributed by atoms with Gasteiger partial charge in [-0.1, -0.05) is 55.7 Å². The van der Waals surface area contributed by atoms with Crippen LogP contribution in [0.25, 0.3) is 11.4 Å². The molecule has 1 unspecified atom stereocenters. The third kappa shape index (κ3) is 5.47. The molecule has 1 aromatic heterocycles. The van der Waals surface area contributed by atoms with Gasteiger partial charge < -0.3 is 5.32 Å². The van der Waals surface area contributed by atoms with Crippen LogP contribution in [0.4, 0.5) is 10.1 Å². The van der Waals surface area contributed by atoms with E-state index in [0.717, 1.165) is 36.8 Å². The van der Waals surface area contributed by atoms with Crippen molar-refractivity contribution in [2.45, 2.75) is 64.6 Å². The van der Waals surface area contributed by atoms with Gasteiger partial charge in [-0.25, -0.2) is 4.39 Å². The molecule has 4 rings (SSSR count). The molecule has 0 aliphatic heterocycles. The molecule has 1 N–H and O–H groups in total. The molecule has 0 radical (unpaired) electrons. The largest absolute Gasteiger partial charge is 0.352 e. The fraction of sp³-hybridized carbons (Fsp3) is 0.400. The second kappa shape index (κ2) is 10.5. The summed E-state index contributed by atoms with van der Waals surface area (Å²) in [6.07, 6.45) is 4.40. The van der Waals surface area contributed by atoms with Crippen molar-refractivity contribution in [2.75, 3.05) is 4.90 Å². The van der Waals surface area contributed by atoms with E-state index in [1.165, 1.54) is 27.9 Å². The van der Waals surface area contributed by atoms with Crippen molar-refractivity contribution in [2.24, 2.45) is 0 Å². The monoisotopic (exact) mass is 464 g/mol. The minimum Gasteiger partial charge on any atom is -0.352 e. The molecule has 178 valence electrons. The van der Waals surface area contributed by atoms with Crippen LogP contribution in [0, 0.1) is 12.7 Å². The molecule has 1 fully saturated rings. The van der Waals surface area contributed by atoms with Gasteiger partial charge >= 0.3 is 0 Å². The number of hydrogen-bond acceptors (Lipinski definition) is 5. The molecular formula is C25H29FN6O2. The van der Waals surface area contributed by atoms with Gasteiger partial charge in [0.2, 0.25) is 11.7 Å². The van der Waals surface area contributed by atoms with E-state index in [-0.39, 0.29) is 18.5 Å². The van der Waals surface area contributed by atoms with Crippen molar-refractivity contribution in [3.05, 3.63) is 59.9 Å². The molecule has 34 heavy (non-hydrogen) atoms. The fourth-order valence-electron chi connectivity index (χ4n) is 4.30. The predicted molar refractivity (Wildman–Crippen MR) is 126 cm³/mol. The lowest BCUT2D eigenvalue weighted by atomic mass is 10.1. The molecule has 3 aromatic rings. The quantitative estimate of drug-likeness (QED) is 0.549. The Labute approximate surface area is 198 Å². The van der Waals surface area contributed by atoms with Gasteiger partial charge in [0.15, 0.2) is 0 Å². The van der Waals surface area contributed by atoms with E-state index in [1.807, 2.05) is 38.1 Å². The molecule has 8 nitrogen and oxygen atoms in total. The number of amides is 2. The minimum atomic E-state index is -0.782. The van der Waals surface area contributed by atoms with Gasteiger partial charge in [-0.05, 0) is 49.6 Å². The van der Waals surface area contributed by atoms with Crippen molar-refractivity contribution in [3.63, 3.8) is 0 Å². The number of nitrogens with zero attached hydrogens (tertiary/aromatic N) is 5. The maximum absolute atomic E-state index is 14.1. The summed E-state index contributed by atoms with van der Waals surface area (Å²) in [6, 6.07) is 12.7. The number of aromatic nitrogens is 4. The van der Waals surface area contributed by atoms with Gasteiger partial charge in [-0.3, -0.25) is 14.5 Å². The van der Waals surface area contributed by atoms with E-state index >= 15 is 0 Å².